The minimum atomic E-state index is -0.854. The average Bonchev–Trinajstić information content (AvgIpc) is 3.10. The molecule has 1 atom stereocenters. The number of amides is 1. The monoisotopic (exact) mass is 471 g/mol. The third-order valence-electron chi connectivity index (χ3n) is 5.99. The third kappa shape index (κ3) is 4.78. The summed E-state index contributed by atoms with van der Waals surface area (Å²) < 4.78 is 5.72. The van der Waals surface area contributed by atoms with Gasteiger partial charge >= 0.3 is 0 Å². The van der Waals surface area contributed by atoms with Crippen molar-refractivity contribution in [3.63, 3.8) is 0 Å². The van der Waals surface area contributed by atoms with E-state index in [9.17, 15) is 19.8 Å². The average molecular weight is 472 g/mol. The summed E-state index contributed by atoms with van der Waals surface area (Å²) >= 11 is 0. The molecule has 1 unspecified atom stereocenters. The Bertz CT molecular complexity index is 1290. The van der Waals surface area contributed by atoms with Gasteiger partial charge in [-0.25, -0.2) is 0 Å². The summed E-state index contributed by atoms with van der Waals surface area (Å²) in [5.74, 6) is -0.647. The van der Waals surface area contributed by atoms with Crippen molar-refractivity contribution in [3.05, 3.63) is 94.6 Å². The Labute approximate surface area is 205 Å². The number of ether oxygens (including phenoxy) is 1. The van der Waals surface area contributed by atoms with Crippen molar-refractivity contribution in [2.45, 2.75) is 33.7 Å². The lowest BCUT2D eigenvalue weighted by Crippen LogP contribution is -2.30. The van der Waals surface area contributed by atoms with Gasteiger partial charge in [-0.2, -0.15) is 0 Å². The van der Waals surface area contributed by atoms with Crippen LogP contribution >= 0.6 is 0 Å². The maximum atomic E-state index is 13.3. The Morgan fingerprint density at radius 3 is 2.26 bits per heavy atom. The van der Waals surface area contributed by atoms with Crippen LogP contribution in [0.1, 0.15) is 42.1 Å². The molecular weight excluding hydrogens is 442 g/mol. The number of aliphatic hydroxyl groups is 1. The van der Waals surface area contributed by atoms with Gasteiger partial charge in [-0.05, 0) is 78.9 Å². The molecule has 3 aromatic rings. The Morgan fingerprint density at radius 2 is 1.63 bits per heavy atom. The third-order valence-corrected chi connectivity index (χ3v) is 5.99. The lowest BCUT2D eigenvalue weighted by atomic mass is 9.94. The van der Waals surface area contributed by atoms with Crippen LogP contribution in [-0.4, -0.2) is 28.5 Å². The van der Waals surface area contributed by atoms with E-state index in [0.29, 0.717) is 35.1 Å². The van der Waals surface area contributed by atoms with Crippen LogP contribution in [0, 0.1) is 19.8 Å². The van der Waals surface area contributed by atoms with E-state index in [1.165, 1.54) is 17.0 Å². The first-order chi connectivity index (χ1) is 16.7. The van der Waals surface area contributed by atoms with Gasteiger partial charge in [0.05, 0.1) is 18.2 Å². The molecule has 6 heteroatoms. The van der Waals surface area contributed by atoms with Gasteiger partial charge in [0.25, 0.3) is 11.7 Å². The topological polar surface area (TPSA) is 87.1 Å². The highest BCUT2D eigenvalue weighted by Gasteiger charge is 2.47. The SMILES string of the molecule is Cc1ccc(C)c(N2C(=O)C(=O)/C(=C(/O)c3ccc(OCC(C)C)cc3)C2c2ccc(O)cc2)c1. The quantitative estimate of drug-likeness (QED) is 0.275. The number of hydrogen-bond acceptors (Lipinski definition) is 5. The number of nitrogens with zero attached hydrogens (tertiary/aromatic N) is 1. The summed E-state index contributed by atoms with van der Waals surface area (Å²) in [4.78, 5) is 28.1. The van der Waals surface area contributed by atoms with E-state index in [2.05, 4.69) is 13.8 Å². The zero-order chi connectivity index (χ0) is 25.3. The molecule has 1 heterocycles. The normalized spacial score (nSPS) is 17.3. The number of benzene rings is 3. The fourth-order valence-electron chi connectivity index (χ4n) is 4.16. The highest BCUT2D eigenvalue weighted by molar-refractivity contribution is 6.51. The van der Waals surface area contributed by atoms with E-state index < -0.39 is 17.7 Å². The zero-order valence-corrected chi connectivity index (χ0v) is 20.3. The van der Waals surface area contributed by atoms with Crippen molar-refractivity contribution in [2.75, 3.05) is 11.5 Å². The van der Waals surface area contributed by atoms with Crippen LogP contribution < -0.4 is 9.64 Å². The first kappa shape index (κ1) is 24.1. The summed E-state index contributed by atoms with van der Waals surface area (Å²) in [5, 5.41) is 21.1. The van der Waals surface area contributed by atoms with Crippen LogP contribution in [0.25, 0.3) is 5.76 Å². The van der Waals surface area contributed by atoms with Crippen molar-refractivity contribution in [1.82, 2.24) is 0 Å². The molecule has 180 valence electrons. The largest absolute Gasteiger partial charge is 0.508 e. The molecule has 0 radical (unpaired) electrons. The van der Waals surface area contributed by atoms with Crippen LogP contribution in [0.5, 0.6) is 11.5 Å². The molecule has 0 saturated carbocycles. The standard InChI is InChI=1S/C29H29NO5/c1-17(2)16-35-23-13-9-21(10-14-23)27(32)25-26(20-7-11-22(31)12-8-20)30(29(34)28(25)33)24-15-18(3)5-6-19(24)4/h5-15,17,26,31-32H,16H2,1-4H3/b27-25+. The predicted octanol–water partition coefficient (Wildman–Crippen LogP) is 5.67. The molecule has 2 N–H and O–H groups in total. The van der Waals surface area contributed by atoms with Crippen molar-refractivity contribution < 1.29 is 24.5 Å². The molecule has 35 heavy (non-hydrogen) atoms. The van der Waals surface area contributed by atoms with E-state index in [1.807, 2.05) is 32.0 Å². The van der Waals surface area contributed by atoms with Gasteiger partial charge in [0.2, 0.25) is 0 Å². The minimum Gasteiger partial charge on any atom is -0.508 e. The summed E-state index contributed by atoms with van der Waals surface area (Å²) in [5.41, 5.74) is 3.37. The minimum absolute atomic E-state index is 0.00237. The number of anilines is 1. The Kier molecular flexibility index (Phi) is 6.65. The molecule has 1 fully saturated rings. The number of rotatable bonds is 6. The van der Waals surface area contributed by atoms with E-state index in [4.69, 9.17) is 4.74 Å². The summed E-state index contributed by atoms with van der Waals surface area (Å²) in [6, 6.07) is 17.9. The maximum absolute atomic E-state index is 13.3. The molecular formula is C29H29NO5. The molecule has 0 aliphatic carbocycles. The predicted molar refractivity (Wildman–Crippen MR) is 136 cm³/mol. The second-order valence-corrected chi connectivity index (χ2v) is 9.28. The molecule has 1 aliphatic heterocycles. The number of phenols is 1. The van der Waals surface area contributed by atoms with Crippen LogP contribution in [0.15, 0.2) is 72.3 Å². The second-order valence-electron chi connectivity index (χ2n) is 9.28. The van der Waals surface area contributed by atoms with E-state index in [-0.39, 0.29) is 17.1 Å². The smallest absolute Gasteiger partial charge is 0.300 e. The van der Waals surface area contributed by atoms with Crippen molar-refractivity contribution in [1.29, 1.82) is 0 Å². The number of aliphatic hydroxyl groups excluding tert-OH is 1. The maximum Gasteiger partial charge on any atom is 0.300 e. The van der Waals surface area contributed by atoms with E-state index in [0.717, 1.165) is 11.1 Å². The van der Waals surface area contributed by atoms with Gasteiger partial charge < -0.3 is 14.9 Å². The fraction of sp³-hybridized carbons (Fsp3) is 0.241. The number of phenolic OH excluding ortho intramolecular Hbond substituents is 1. The van der Waals surface area contributed by atoms with E-state index in [1.54, 1.807) is 36.4 Å². The molecule has 6 nitrogen and oxygen atoms in total. The van der Waals surface area contributed by atoms with Crippen molar-refractivity contribution in [2.24, 2.45) is 5.92 Å². The number of carbonyl (C=O) groups excluding carboxylic acids is 2. The molecule has 0 spiro atoms. The number of Topliss-reactive ketones (excluding diaryl/α,β-unsaturated/α-hetero) is 1. The number of aromatic hydroxyl groups is 1. The Hall–Kier alpha value is -4.06. The zero-order valence-electron chi connectivity index (χ0n) is 20.3. The van der Waals surface area contributed by atoms with Crippen LogP contribution in [-0.2, 0) is 9.59 Å². The number of ketones is 1. The highest BCUT2D eigenvalue weighted by Crippen LogP contribution is 2.43. The second kappa shape index (κ2) is 9.66. The lowest BCUT2D eigenvalue weighted by molar-refractivity contribution is -0.132. The number of carbonyl (C=O) groups is 2. The van der Waals surface area contributed by atoms with Gasteiger partial charge in [0, 0.05) is 11.3 Å². The molecule has 4 rings (SSSR count). The van der Waals surface area contributed by atoms with Crippen LogP contribution in [0.3, 0.4) is 0 Å². The molecule has 1 amide bonds. The Balaban J connectivity index is 1.85. The molecule has 0 bridgehead atoms. The van der Waals surface area contributed by atoms with Crippen molar-refractivity contribution >= 4 is 23.1 Å². The molecule has 1 aliphatic rings. The first-order valence-corrected chi connectivity index (χ1v) is 11.6. The molecule has 3 aromatic carbocycles. The summed E-state index contributed by atoms with van der Waals surface area (Å²) in [6.45, 7) is 8.46. The summed E-state index contributed by atoms with van der Waals surface area (Å²) in [6.07, 6.45) is 0. The number of aryl methyl sites for hydroxylation is 2. The Morgan fingerprint density at radius 1 is 0.971 bits per heavy atom. The van der Waals surface area contributed by atoms with Crippen LogP contribution in [0.2, 0.25) is 0 Å². The fourth-order valence-corrected chi connectivity index (χ4v) is 4.16. The van der Waals surface area contributed by atoms with Crippen LogP contribution in [0.4, 0.5) is 5.69 Å². The molecule has 0 aromatic heterocycles. The van der Waals surface area contributed by atoms with Crippen molar-refractivity contribution in [3.8, 4) is 11.5 Å². The molecule has 1 saturated heterocycles. The summed E-state index contributed by atoms with van der Waals surface area (Å²) in [7, 11) is 0. The lowest BCUT2D eigenvalue weighted by Gasteiger charge is -2.27. The van der Waals surface area contributed by atoms with Gasteiger partial charge in [0.15, 0.2) is 0 Å². The van der Waals surface area contributed by atoms with Gasteiger partial charge in [-0.1, -0.05) is 38.1 Å². The first-order valence-electron chi connectivity index (χ1n) is 11.6. The van der Waals surface area contributed by atoms with Gasteiger partial charge in [-0.15, -0.1) is 0 Å². The highest BCUT2D eigenvalue weighted by atomic mass is 16.5. The number of hydrogen-bond donors (Lipinski definition) is 2. The van der Waals surface area contributed by atoms with Gasteiger partial charge in [-0.3, -0.25) is 14.5 Å². The van der Waals surface area contributed by atoms with E-state index >= 15 is 0 Å². The van der Waals surface area contributed by atoms with Gasteiger partial charge in [0.1, 0.15) is 17.3 Å².